The van der Waals surface area contributed by atoms with Gasteiger partial charge in [-0.15, -0.1) is 26.0 Å². The Morgan fingerprint density at radius 3 is 1.78 bits per heavy atom. The third-order valence-corrected chi connectivity index (χ3v) is 1.41. The topological polar surface area (TPSA) is 35.5 Å². The summed E-state index contributed by atoms with van der Waals surface area (Å²) in [5.41, 5.74) is 0. The van der Waals surface area contributed by atoms with Crippen molar-refractivity contribution in [3.05, 3.63) is 0 Å². The second-order valence-corrected chi connectivity index (χ2v) is 2.02. The minimum Gasteiger partial charge on any atom is -0.119 e. The van der Waals surface area contributed by atoms with Crippen LogP contribution in [0.1, 0.15) is 13.8 Å². The lowest BCUT2D eigenvalue weighted by atomic mass is 10.9. The van der Waals surface area contributed by atoms with E-state index in [1.165, 1.54) is 0 Å². The van der Waals surface area contributed by atoms with Crippen LogP contribution in [-0.2, 0) is 13.6 Å². The SMILES string of the molecule is Br.CCO[P+](=O)OCC. The summed E-state index contributed by atoms with van der Waals surface area (Å²) in [5.74, 6) is 0. The predicted octanol–water partition coefficient (Wildman–Crippen LogP) is 2.29. The van der Waals surface area contributed by atoms with Crippen LogP contribution < -0.4 is 0 Å². The van der Waals surface area contributed by atoms with Crippen LogP contribution in [0.3, 0.4) is 0 Å². The summed E-state index contributed by atoms with van der Waals surface area (Å²) >= 11 is 0. The van der Waals surface area contributed by atoms with Gasteiger partial charge in [0.2, 0.25) is 0 Å². The summed E-state index contributed by atoms with van der Waals surface area (Å²) < 4.78 is 19.5. The zero-order chi connectivity index (χ0) is 6.41. The second-order valence-electron chi connectivity index (χ2n) is 1.06. The highest BCUT2D eigenvalue weighted by atomic mass is 79.9. The number of rotatable bonds is 4. The van der Waals surface area contributed by atoms with E-state index in [0.29, 0.717) is 13.2 Å². The molecule has 0 saturated carbocycles. The third-order valence-electron chi connectivity index (χ3n) is 0.469. The van der Waals surface area contributed by atoms with Crippen LogP contribution in [0.25, 0.3) is 0 Å². The van der Waals surface area contributed by atoms with E-state index in [0.717, 1.165) is 0 Å². The van der Waals surface area contributed by atoms with Crippen molar-refractivity contribution >= 4 is 25.2 Å². The minimum absolute atomic E-state index is 0. The maximum atomic E-state index is 10.3. The van der Waals surface area contributed by atoms with Gasteiger partial charge in [-0.1, -0.05) is 0 Å². The van der Waals surface area contributed by atoms with E-state index in [1.54, 1.807) is 13.8 Å². The summed E-state index contributed by atoms with van der Waals surface area (Å²) in [6, 6.07) is 0. The van der Waals surface area contributed by atoms with Crippen LogP contribution in [0.2, 0.25) is 0 Å². The third kappa shape index (κ3) is 8.50. The van der Waals surface area contributed by atoms with Gasteiger partial charge in [-0.05, 0) is 13.8 Å². The molecule has 0 atom stereocenters. The first-order valence-electron chi connectivity index (χ1n) is 2.54. The number of hydrogen-bond acceptors (Lipinski definition) is 3. The van der Waals surface area contributed by atoms with Crippen LogP contribution in [0.15, 0.2) is 0 Å². The summed E-state index contributed by atoms with van der Waals surface area (Å²) in [6.07, 6.45) is 0. The van der Waals surface area contributed by atoms with Crippen molar-refractivity contribution < 1.29 is 13.6 Å². The van der Waals surface area contributed by atoms with Gasteiger partial charge in [-0.3, -0.25) is 0 Å². The molecule has 0 aromatic carbocycles. The molecule has 0 saturated heterocycles. The fourth-order valence-corrected chi connectivity index (χ4v) is 0.744. The zero-order valence-electron chi connectivity index (χ0n) is 5.49. The highest BCUT2D eigenvalue weighted by Crippen LogP contribution is 2.21. The lowest BCUT2D eigenvalue weighted by Gasteiger charge is -1.78. The summed E-state index contributed by atoms with van der Waals surface area (Å²) in [4.78, 5) is 0. The van der Waals surface area contributed by atoms with Gasteiger partial charge in [-0.25, -0.2) is 0 Å². The van der Waals surface area contributed by atoms with Gasteiger partial charge in [0, 0.05) is 4.57 Å². The number of hydrogen-bond donors (Lipinski definition) is 0. The molecule has 56 valence electrons. The maximum absolute atomic E-state index is 10.3. The van der Waals surface area contributed by atoms with Crippen molar-refractivity contribution in [2.24, 2.45) is 0 Å². The molecule has 0 unspecified atom stereocenters. The van der Waals surface area contributed by atoms with E-state index in [2.05, 4.69) is 9.05 Å². The van der Waals surface area contributed by atoms with Crippen molar-refractivity contribution in [3.8, 4) is 0 Å². The highest BCUT2D eigenvalue weighted by molar-refractivity contribution is 8.93. The Bertz CT molecular complexity index is 70.2. The maximum Gasteiger partial charge on any atom is 0.697 e. The molecule has 3 nitrogen and oxygen atoms in total. The van der Waals surface area contributed by atoms with E-state index < -0.39 is 8.25 Å². The van der Waals surface area contributed by atoms with Crippen LogP contribution in [-0.4, -0.2) is 13.2 Å². The highest BCUT2D eigenvalue weighted by Gasteiger charge is 2.15. The Hall–Kier alpha value is 0.500. The Labute approximate surface area is 66.5 Å². The summed E-state index contributed by atoms with van der Waals surface area (Å²) in [6.45, 7) is 4.42. The molecule has 5 heteroatoms. The minimum atomic E-state index is -1.83. The molecule has 0 aromatic rings. The lowest BCUT2D eigenvalue weighted by molar-refractivity contribution is 0.243. The quantitative estimate of drug-likeness (QED) is 0.679. The molecule has 0 aliphatic carbocycles. The molecule has 0 rings (SSSR count). The summed E-state index contributed by atoms with van der Waals surface area (Å²) in [7, 11) is -1.83. The molecule has 0 aliphatic rings. The first-order chi connectivity index (χ1) is 3.81. The zero-order valence-corrected chi connectivity index (χ0v) is 8.10. The van der Waals surface area contributed by atoms with Gasteiger partial charge in [0.25, 0.3) is 0 Å². The van der Waals surface area contributed by atoms with Crippen molar-refractivity contribution in [2.75, 3.05) is 13.2 Å². The molecule has 0 spiro atoms. The van der Waals surface area contributed by atoms with Crippen LogP contribution in [0.5, 0.6) is 0 Å². The Morgan fingerprint density at radius 1 is 1.22 bits per heavy atom. The molecular formula is C4H11BrO3P+. The monoisotopic (exact) mass is 217 g/mol. The molecule has 0 N–H and O–H groups in total. The van der Waals surface area contributed by atoms with E-state index in [9.17, 15) is 4.57 Å². The van der Waals surface area contributed by atoms with Gasteiger partial charge in [0.05, 0.1) is 0 Å². The van der Waals surface area contributed by atoms with Crippen molar-refractivity contribution in [3.63, 3.8) is 0 Å². The molecule has 0 bridgehead atoms. The van der Waals surface area contributed by atoms with Gasteiger partial charge in [-0.2, -0.15) is 0 Å². The lowest BCUT2D eigenvalue weighted by Crippen LogP contribution is -1.81. The molecule has 0 heterocycles. The summed E-state index contributed by atoms with van der Waals surface area (Å²) in [5, 5.41) is 0. The van der Waals surface area contributed by atoms with E-state index >= 15 is 0 Å². The first-order valence-corrected chi connectivity index (χ1v) is 3.63. The molecule has 0 amide bonds. The smallest absolute Gasteiger partial charge is 0.119 e. The molecule has 9 heavy (non-hydrogen) atoms. The average Bonchev–Trinajstić information content (AvgIpc) is 1.68. The van der Waals surface area contributed by atoms with E-state index in [-0.39, 0.29) is 17.0 Å². The number of halogens is 1. The molecule has 0 aliphatic heterocycles. The molecule has 0 fully saturated rings. The Morgan fingerprint density at radius 2 is 1.56 bits per heavy atom. The Kier molecular flexibility index (Phi) is 11.5. The second kappa shape index (κ2) is 8.50. The van der Waals surface area contributed by atoms with Gasteiger partial charge < -0.3 is 0 Å². The predicted molar refractivity (Wildman–Crippen MR) is 41.2 cm³/mol. The largest absolute Gasteiger partial charge is 0.697 e. The molecular weight excluding hydrogens is 207 g/mol. The molecule has 0 aromatic heterocycles. The fourth-order valence-electron chi connectivity index (χ4n) is 0.248. The van der Waals surface area contributed by atoms with Crippen LogP contribution >= 0.6 is 25.2 Å². The van der Waals surface area contributed by atoms with Crippen LogP contribution in [0, 0.1) is 0 Å². The molecule has 0 radical (unpaired) electrons. The van der Waals surface area contributed by atoms with Crippen LogP contribution in [0.4, 0.5) is 0 Å². The van der Waals surface area contributed by atoms with E-state index in [1.807, 2.05) is 0 Å². The van der Waals surface area contributed by atoms with E-state index in [4.69, 9.17) is 0 Å². The normalized spacial score (nSPS) is 8.22. The Balaban J connectivity index is 0. The fraction of sp³-hybridized carbons (Fsp3) is 1.00. The van der Waals surface area contributed by atoms with Gasteiger partial charge in [0.1, 0.15) is 13.2 Å². The van der Waals surface area contributed by atoms with Crippen molar-refractivity contribution in [1.29, 1.82) is 0 Å². The average molecular weight is 218 g/mol. The van der Waals surface area contributed by atoms with Gasteiger partial charge in [0.15, 0.2) is 0 Å². The van der Waals surface area contributed by atoms with Gasteiger partial charge >= 0.3 is 8.25 Å². The van der Waals surface area contributed by atoms with Crippen molar-refractivity contribution in [2.45, 2.75) is 13.8 Å². The first kappa shape index (κ1) is 12.2. The van der Waals surface area contributed by atoms with Crippen molar-refractivity contribution in [1.82, 2.24) is 0 Å². The standard InChI is InChI=1S/C4H10O3P.BrH/c1-3-6-8(5)7-4-2;/h3-4H2,1-2H3;1H/q+1;.